The number of carbonyl (C=O) groups excluding carboxylic acids is 2. The number of likely N-dealkylation sites (tertiary alicyclic amines) is 2. The summed E-state index contributed by atoms with van der Waals surface area (Å²) in [4.78, 5) is 46.5. The molecule has 0 bridgehead atoms. The van der Waals surface area contributed by atoms with Crippen molar-refractivity contribution < 1.29 is 23.1 Å². The molecule has 5 aromatic rings. The second kappa shape index (κ2) is 12.7. The number of aromatic nitrogens is 1. The zero-order valence-electron chi connectivity index (χ0n) is 28.7. The van der Waals surface area contributed by atoms with Crippen LogP contribution in [0, 0.1) is 5.82 Å². The van der Waals surface area contributed by atoms with Crippen LogP contribution in [0.1, 0.15) is 48.9 Å². The molecule has 2 aromatic heterocycles. The number of furan rings is 1. The Morgan fingerprint density at radius 3 is 2.63 bits per heavy atom. The van der Waals surface area contributed by atoms with Crippen molar-refractivity contribution >= 4 is 50.3 Å². The molecule has 2 amide bonds. The minimum atomic E-state index is -0.615. The molecule has 0 saturated carbocycles. The highest BCUT2D eigenvalue weighted by atomic mass is 19.1. The van der Waals surface area contributed by atoms with Gasteiger partial charge in [-0.1, -0.05) is 18.2 Å². The minimum absolute atomic E-state index is 0.00660. The van der Waals surface area contributed by atoms with Crippen LogP contribution in [0.2, 0.25) is 0 Å². The smallest absolute Gasteiger partial charge is 0.259 e. The number of ether oxygens (including phenoxy) is 1. The molecule has 51 heavy (non-hydrogen) atoms. The van der Waals surface area contributed by atoms with Gasteiger partial charge in [-0.2, -0.15) is 0 Å². The van der Waals surface area contributed by atoms with Crippen molar-refractivity contribution in [1.82, 2.24) is 25.0 Å². The lowest BCUT2D eigenvalue weighted by atomic mass is 10.0. The zero-order valence-corrected chi connectivity index (χ0v) is 28.7. The Balaban J connectivity index is 1.05. The monoisotopic (exact) mass is 692 g/mol. The quantitative estimate of drug-likeness (QED) is 0.211. The number of nitrogens with one attached hydrogen (secondary N) is 2. The molecule has 0 aliphatic carbocycles. The van der Waals surface area contributed by atoms with Crippen LogP contribution in [0.4, 0.5) is 10.1 Å². The number of pyridine rings is 1. The fourth-order valence-electron chi connectivity index (χ4n) is 8.54. The van der Waals surface area contributed by atoms with E-state index in [2.05, 4.69) is 22.6 Å². The minimum Gasteiger partial charge on any atom is -0.456 e. The van der Waals surface area contributed by atoms with Gasteiger partial charge in [-0.25, -0.2) is 4.39 Å². The number of hydrogen-bond acceptors (Lipinski definition) is 8. The summed E-state index contributed by atoms with van der Waals surface area (Å²) in [6, 6.07) is 13.1. The largest absolute Gasteiger partial charge is 0.456 e. The maximum atomic E-state index is 16.4. The molecule has 6 heterocycles. The van der Waals surface area contributed by atoms with Crippen molar-refractivity contribution in [3.05, 3.63) is 70.3 Å². The van der Waals surface area contributed by atoms with Gasteiger partial charge in [0.2, 0.25) is 11.3 Å². The number of anilines is 1. The van der Waals surface area contributed by atoms with Crippen LogP contribution in [0.3, 0.4) is 0 Å². The fourth-order valence-corrected chi connectivity index (χ4v) is 8.54. The standard InChI is InChI=1S/C39H41FN6O5/c1-43-13-6-7-24(43)10-12-41-20-34(47)42-23-11-16-45(21-23)36-29(40)17-27-35-38(36)51-33-18-26-25-8-2-3-9-31(25)50-32(26)19-30(33)46(35)22-28(37(27)48)39(49)44-14-4-5-15-44/h2-3,8-9,17-19,22-24,41H,4-7,10-16,20-21H2,1H3,(H,42,47)/t23-,24?/m1/s1. The summed E-state index contributed by atoms with van der Waals surface area (Å²) < 4.78 is 31.0. The van der Waals surface area contributed by atoms with E-state index in [0.717, 1.165) is 48.7 Å². The Kier molecular flexibility index (Phi) is 7.96. The van der Waals surface area contributed by atoms with Crippen LogP contribution in [-0.4, -0.2) is 91.1 Å². The molecule has 11 nitrogen and oxygen atoms in total. The molecule has 4 aliphatic rings. The first-order valence-electron chi connectivity index (χ1n) is 18.1. The van der Waals surface area contributed by atoms with Crippen LogP contribution >= 0.6 is 0 Å². The molecule has 3 fully saturated rings. The van der Waals surface area contributed by atoms with Crippen molar-refractivity contribution in [2.75, 3.05) is 57.8 Å². The number of para-hydroxylation sites is 1. The van der Waals surface area contributed by atoms with Gasteiger partial charge in [0.1, 0.15) is 27.9 Å². The van der Waals surface area contributed by atoms with E-state index in [-0.39, 0.29) is 46.8 Å². The maximum absolute atomic E-state index is 16.4. The van der Waals surface area contributed by atoms with E-state index in [1.165, 1.54) is 18.9 Å². The first kappa shape index (κ1) is 32.0. The number of nitrogens with zero attached hydrogens (tertiary/aromatic N) is 4. The molecular weight excluding hydrogens is 651 g/mol. The molecule has 12 heteroatoms. The van der Waals surface area contributed by atoms with Gasteiger partial charge >= 0.3 is 0 Å². The van der Waals surface area contributed by atoms with Crippen LogP contribution in [-0.2, 0) is 4.79 Å². The summed E-state index contributed by atoms with van der Waals surface area (Å²) in [6.45, 7) is 4.15. The summed E-state index contributed by atoms with van der Waals surface area (Å²) in [5.41, 5.74) is 2.02. The third-order valence-corrected chi connectivity index (χ3v) is 11.2. The highest BCUT2D eigenvalue weighted by Gasteiger charge is 2.35. The van der Waals surface area contributed by atoms with E-state index in [0.29, 0.717) is 61.2 Å². The lowest BCUT2D eigenvalue weighted by Crippen LogP contribution is -2.42. The molecule has 1 unspecified atom stereocenters. The van der Waals surface area contributed by atoms with Gasteiger partial charge in [0, 0.05) is 61.3 Å². The average molecular weight is 693 g/mol. The number of rotatable bonds is 8. The number of hydrogen-bond donors (Lipinski definition) is 2. The number of carbonyl (C=O) groups is 2. The molecule has 264 valence electrons. The Hall–Kier alpha value is -4.94. The van der Waals surface area contributed by atoms with Crippen molar-refractivity contribution in [2.24, 2.45) is 0 Å². The van der Waals surface area contributed by atoms with Gasteiger partial charge in [-0.15, -0.1) is 0 Å². The molecule has 3 aromatic carbocycles. The highest BCUT2D eigenvalue weighted by molar-refractivity contribution is 6.07. The zero-order chi connectivity index (χ0) is 34.8. The Bertz CT molecular complexity index is 2280. The van der Waals surface area contributed by atoms with E-state index >= 15 is 4.39 Å². The summed E-state index contributed by atoms with van der Waals surface area (Å²) in [5, 5.41) is 8.22. The van der Waals surface area contributed by atoms with Gasteiger partial charge in [-0.3, -0.25) is 14.4 Å². The summed E-state index contributed by atoms with van der Waals surface area (Å²) in [6.07, 6.45) is 7.39. The van der Waals surface area contributed by atoms with E-state index in [9.17, 15) is 14.4 Å². The topological polar surface area (TPSA) is 112 Å². The van der Waals surface area contributed by atoms with E-state index < -0.39 is 11.2 Å². The number of halogens is 1. The van der Waals surface area contributed by atoms with Gasteiger partial charge < -0.3 is 39.1 Å². The van der Waals surface area contributed by atoms with Crippen molar-refractivity contribution in [2.45, 2.75) is 50.6 Å². The summed E-state index contributed by atoms with van der Waals surface area (Å²) in [5.74, 6) is -0.391. The van der Waals surface area contributed by atoms with Crippen LogP contribution in [0.5, 0.6) is 11.5 Å². The third kappa shape index (κ3) is 5.52. The predicted molar refractivity (Wildman–Crippen MR) is 194 cm³/mol. The molecule has 0 radical (unpaired) electrons. The molecule has 3 saturated heterocycles. The Labute approximate surface area is 293 Å². The fraction of sp³-hybridized carbons (Fsp3) is 0.410. The molecule has 2 atom stereocenters. The van der Waals surface area contributed by atoms with Gasteiger partial charge in [0.05, 0.1) is 17.6 Å². The first-order valence-corrected chi connectivity index (χ1v) is 18.1. The number of amides is 2. The maximum Gasteiger partial charge on any atom is 0.259 e. The lowest BCUT2D eigenvalue weighted by molar-refractivity contribution is -0.120. The number of fused-ring (bicyclic) bond motifs is 5. The van der Waals surface area contributed by atoms with Crippen molar-refractivity contribution in [1.29, 1.82) is 0 Å². The Morgan fingerprint density at radius 2 is 1.80 bits per heavy atom. The molecule has 4 aliphatic heterocycles. The van der Waals surface area contributed by atoms with Crippen molar-refractivity contribution in [3.8, 4) is 17.2 Å². The van der Waals surface area contributed by atoms with Crippen LogP contribution in [0.25, 0.3) is 38.5 Å². The van der Waals surface area contributed by atoms with E-state index in [1.807, 2.05) is 41.3 Å². The SMILES string of the molecule is CN1CCCC1CCNCC(=O)N[C@@H]1CCN(c2c(F)cc3c(=O)c(C(=O)N4CCCC4)cn4c3c2Oc2cc3c(cc2-4)oc2ccccc23)C1. The van der Waals surface area contributed by atoms with Gasteiger partial charge in [0.15, 0.2) is 17.3 Å². The predicted octanol–water partition coefficient (Wildman–Crippen LogP) is 5.14. The molecule has 2 N–H and O–H groups in total. The molecular formula is C39H41FN6O5. The molecule has 9 rings (SSSR count). The second-order valence-corrected chi connectivity index (χ2v) is 14.4. The normalized spacial score (nSPS) is 20.1. The molecule has 0 spiro atoms. The van der Waals surface area contributed by atoms with Crippen LogP contribution < -0.4 is 25.7 Å². The van der Waals surface area contributed by atoms with Crippen LogP contribution in [0.15, 0.2) is 57.9 Å². The Morgan fingerprint density at radius 1 is 0.961 bits per heavy atom. The first-order chi connectivity index (χ1) is 24.8. The number of benzene rings is 3. The highest BCUT2D eigenvalue weighted by Crippen LogP contribution is 2.49. The summed E-state index contributed by atoms with van der Waals surface area (Å²) >= 11 is 0. The van der Waals surface area contributed by atoms with Crippen molar-refractivity contribution in [3.63, 3.8) is 0 Å². The lowest BCUT2D eigenvalue weighted by Gasteiger charge is -2.29. The average Bonchev–Trinajstić information content (AvgIpc) is 3.95. The van der Waals surface area contributed by atoms with Gasteiger partial charge in [-0.05, 0) is 76.9 Å². The van der Waals surface area contributed by atoms with E-state index in [1.54, 1.807) is 15.7 Å². The van der Waals surface area contributed by atoms with Gasteiger partial charge in [0.25, 0.3) is 5.91 Å². The second-order valence-electron chi connectivity index (χ2n) is 14.4. The summed E-state index contributed by atoms with van der Waals surface area (Å²) in [7, 11) is 2.15. The third-order valence-electron chi connectivity index (χ3n) is 11.2. The van der Waals surface area contributed by atoms with E-state index in [4.69, 9.17) is 9.15 Å².